The third kappa shape index (κ3) is 3.50. The van der Waals surface area contributed by atoms with E-state index in [-0.39, 0.29) is 5.75 Å². The lowest BCUT2D eigenvalue weighted by atomic mass is 10.1. The van der Waals surface area contributed by atoms with Crippen molar-refractivity contribution in [2.45, 2.75) is 33.2 Å². The number of aromatic nitrogens is 1. The number of hydrogen-bond donors (Lipinski definition) is 1. The first-order valence-electron chi connectivity index (χ1n) is 7.11. The minimum absolute atomic E-state index is 0.215. The Balaban J connectivity index is 1.91. The first kappa shape index (κ1) is 14.4. The van der Waals surface area contributed by atoms with Gasteiger partial charge in [0.05, 0.1) is 6.61 Å². The summed E-state index contributed by atoms with van der Waals surface area (Å²) in [6, 6.07) is 12.0. The molecule has 0 aliphatic carbocycles. The molecular weight excluding hydrogens is 250 g/mol. The number of nitrogens with zero attached hydrogens (tertiary/aromatic N) is 1. The first-order chi connectivity index (χ1) is 9.72. The summed E-state index contributed by atoms with van der Waals surface area (Å²) in [7, 11) is 0. The van der Waals surface area contributed by atoms with Crippen LogP contribution in [0, 0.1) is 6.92 Å². The topological polar surface area (TPSA) is 33.3 Å². The van der Waals surface area contributed by atoms with E-state index in [0.29, 0.717) is 12.4 Å². The van der Waals surface area contributed by atoms with Crippen molar-refractivity contribution in [3.8, 4) is 11.5 Å². The van der Waals surface area contributed by atoms with Gasteiger partial charge in [-0.25, -0.2) is 0 Å². The molecule has 0 amide bonds. The second-order valence-corrected chi connectivity index (χ2v) is 4.84. The van der Waals surface area contributed by atoms with Gasteiger partial charge >= 0.3 is 0 Å². The van der Waals surface area contributed by atoms with Crippen LogP contribution in [-0.4, -0.2) is 11.7 Å². The minimum Gasteiger partial charge on any atom is -0.504 e. The predicted octanol–water partition coefficient (Wildman–Crippen LogP) is 3.02. The van der Waals surface area contributed by atoms with E-state index in [2.05, 4.69) is 23.6 Å². The fourth-order valence-electron chi connectivity index (χ4n) is 2.28. The number of aryl methyl sites for hydroxylation is 2. The second-order valence-electron chi connectivity index (χ2n) is 4.84. The van der Waals surface area contributed by atoms with Crippen LogP contribution in [0.2, 0.25) is 0 Å². The van der Waals surface area contributed by atoms with Crippen molar-refractivity contribution < 1.29 is 14.4 Å². The number of ether oxygens (including phenoxy) is 1. The van der Waals surface area contributed by atoms with Crippen molar-refractivity contribution in [3.05, 3.63) is 53.9 Å². The quantitative estimate of drug-likeness (QED) is 0.648. The van der Waals surface area contributed by atoms with Crippen molar-refractivity contribution in [2.24, 2.45) is 0 Å². The SMILES string of the molecule is CC[n+]1ccc(O)c(OCCCc2ccccc2)c1C. The molecule has 3 nitrogen and oxygen atoms in total. The summed E-state index contributed by atoms with van der Waals surface area (Å²) >= 11 is 0. The Morgan fingerprint density at radius 3 is 2.60 bits per heavy atom. The summed E-state index contributed by atoms with van der Waals surface area (Å²) in [5, 5.41) is 9.89. The van der Waals surface area contributed by atoms with E-state index in [4.69, 9.17) is 4.74 Å². The highest BCUT2D eigenvalue weighted by atomic mass is 16.5. The lowest BCUT2D eigenvalue weighted by molar-refractivity contribution is -0.699. The fraction of sp³-hybridized carbons (Fsp3) is 0.353. The molecule has 0 radical (unpaired) electrons. The van der Waals surface area contributed by atoms with Gasteiger partial charge in [0.25, 0.3) is 0 Å². The van der Waals surface area contributed by atoms with Gasteiger partial charge in [0.2, 0.25) is 11.4 Å². The molecule has 0 spiro atoms. The van der Waals surface area contributed by atoms with Gasteiger partial charge in [-0.15, -0.1) is 0 Å². The van der Waals surface area contributed by atoms with Crippen molar-refractivity contribution in [2.75, 3.05) is 6.61 Å². The summed E-state index contributed by atoms with van der Waals surface area (Å²) < 4.78 is 7.82. The molecule has 0 bridgehead atoms. The normalized spacial score (nSPS) is 10.5. The summed E-state index contributed by atoms with van der Waals surface area (Å²) in [5.41, 5.74) is 2.28. The maximum Gasteiger partial charge on any atom is 0.228 e. The van der Waals surface area contributed by atoms with E-state index >= 15 is 0 Å². The molecule has 20 heavy (non-hydrogen) atoms. The van der Waals surface area contributed by atoms with Crippen LogP contribution in [0.3, 0.4) is 0 Å². The minimum atomic E-state index is 0.215. The first-order valence-corrected chi connectivity index (χ1v) is 7.11. The van der Waals surface area contributed by atoms with Gasteiger partial charge in [0.1, 0.15) is 6.54 Å². The van der Waals surface area contributed by atoms with Crippen molar-refractivity contribution in [1.29, 1.82) is 0 Å². The zero-order chi connectivity index (χ0) is 14.4. The van der Waals surface area contributed by atoms with E-state index in [1.165, 1.54) is 5.56 Å². The molecule has 106 valence electrons. The smallest absolute Gasteiger partial charge is 0.228 e. The van der Waals surface area contributed by atoms with Crippen LogP contribution in [0.4, 0.5) is 0 Å². The van der Waals surface area contributed by atoms with Gasteiger partial charge in [0, 0.05) is 13.0 Å². The van der Waals surface area contributed by atoms with Crippen LogP contribution in [-0.2, 0) is 13.0 Å². The molecule has 0 unspecified atom stereocenters. The van der Waals surface area contributed by atoms with Gasteiger partial charge in [-0.1, -0.05) is 30.3 Å². The molecule has 0 atom stereocenters. The van der Waals surface area contributed by atoms with E-state index < -0.39 is 0 Å². The summed E-state index contributed by atoms with van der Waals surface area (Å²) in [6.07, 6.45) is 3.80. The standard InChI is InChI=1S/C17H21NO2/c1-3-18-12-11-16(19)17(14(18)2)20-13-7-10-15-8-5-4-6-9-15/h4-6,8-9,11-12H,3,7,10,13H2,1-2H3/p+1. The number of aromatic hydroxyl groups is 1. The molecule has 0 aliphatic heterocycles. The number of benzene rings is 1. The highest BCUT2D eigenvalue weighted by molar-refractivity contribution is 5.38. The Morgan fingerprint density at radius 2 is 1.90 bits per heavy atom. The average Bonchev–Trinajstić information content (AvgIpc) is 2.47. The molecule has 2 aromatic rings. The van der Waals surface area contributed by atoms with Gasteiger partial charge in [-0.2, -0.15) is 4.57 Å². The number of rotatable bonds is 6. The maximum absolute atomic E-state index is 9.89. The van der Waals surface area contributed by atoms with Crippen molar-refractivity contribution in [1.82, 2.24) is 0 Å². The number of pyridine rings is 1. The molecule has 1 heterocycles. The van der Waals surface area contributed by atoms with Crippen LogP contribution in [0.15, 0.2) is 42.6 Å². The Labute approximate surface area is 120 Å². The van der Waals surface area contributed by atoms with Gasteiger partial charge in [-0.3, -0.25) is 0 Å². The van der Waals surface area contributed by atoms with E-state index in [1.807, 2.05) is 31.3 Å². The molecule has 1 aromatic heterocycles. The molecule has 3 heteroatoms. The third-order valence-electron chi connectivity index (χ3n) is 3.44. The maximum atomic E-state index is 9.89. The summed E-state index contributed by atoms with van der Waals surface area (Å²) in [6.45, 7) is 5.52. The Kier molecular flexibility index (Phi) is 4.99. The Hall–Kier alpha value is -2.03. The van der Waals surface area contributed by atoms with Gasteiger partial charge in [-0.05, 0) is 25.3 Å². The lowest BCUT2D eigenvalue weighted by Crippen LogP contribution is -2.35. The Morgan fingerprint density at radius 1 is 1.15 bits per heavy atom. The molecule has 0 aliphatic rings. The van der Waals surface area contributed by atoms with Crippen LogP contribution >= 0.6 is 0 Å². The molecular formula is C17H22NO2+. The molecule has 1 aromatic carbocycles. The van der Waals surface area contributed by atoms with Gasteiger partial charge < -0.3 is 9.84 Å². The average molecular weight is 272 g/mol. The van der Waals surface area contributed by atoms with Crippen LogP contribution in [0.5, 0.6) is 11.5 Å². The summed E-state index contributed by atoms with van der Waals surface area (Å²) in [5.74, 6) is 0.814. The van der Waals surface area contributed by atoms with Crippen LogP contribution in [0.25, 0.3) is 0 Å². The van der Waals surface area contributed by atoms with E-state index in [0.717, 1.165) is 25.1 Å². The fourth-order valence-corrected chi connectivity index (χ4v) is 2.28. The lowest BCUT2D eigenvalue weighted by Gasteiger charge is -2.09. The molecule has 1 N–H and O–H groups in total. The molecule has 0 saturated carbocycles. The zero-order valence-electron chi connectivity index (χ0n) is 12.2. The second kappa shape index (κ2) is 6.94. The van der Waals surface area contributed by atoms with Crippen LogP contribution < -0.4 is 9.30 Å². The highest BCUT2D eigenvalue weighted by Gasteiger charge is 2.16. The van der Waals surface area contributed by atoms with E-state index in [1.54, 1.807) is 6.07 Å². The predicted molar refractivity (Wildman–Crippen MR) is 79.0 cm³/mol. The molecule has 0 fully saturated rings. The zero-order valence-corrected chi connectivity index (χ0v) is 12.2. The third-order valence-corrected chi connectivity index (χ3v) is 3.44. The summed E-state index contributed by atoms with van der Waals surface area (Å²) in [4.78, 5) is 0. The molecule has 0 saturated heterocycles. The number of hydrogen-bond acceptors (Lipinski definition) is 2. The monoisotopic (exact) mass is 272 g/mol. The Bertz CT molecular complexity index is 552. The van der Waals surface area contributed by atoms with Crippen LogP contribution in [0.1, 0.15) is 24.6 Å². The highest BCUT2D eigenvalue weighted by Crippen LogP contribution is 2.26. The largest absolute Gasteiger partial charge is 0.504 e. The van der Waals surface area contributed by atoms with Crippen molar-refractivity contribution >= 4 is 0 Å². The van der Waals surface area contributed by atoms with E-state index in [9.17, 15) is 5.11 Å². The van der Waals surface area contributed by atoms with Crippen molar-refractivity contribution in [3.63, 3.8) is 0 Å². The van der Waals surface area contributed by atoms with Gasteiger partial charge in [0.15, 0.2) is 11.9 Å². The molecule has 2 rings (SSSR count).